The SMILES string of the molecule is C[C@H](Nc1c([N+](=O)[O-])ncn1C)C(=O)NC1CCCC1. The number of aromatic nitrogens is 2. The van der Waals surface area contributed by atoms with Crippen LogP contribution in [-0.2, 0) is 11.8 Å². The summed E-state index contributed by atoms with van der Waals surface area (Å²) in [6.45, 7) is 1.68. The number of carbonyl (C=O) groups is 1. The van der Waals surface area contributed by atoms with Crippen LogP contribution >= 0.6 is 0 Å². The predicted molar refractivity (Wildman–Crippen MR) is 73.3 cm³/mol. The molecule has 0 bridgehead atoms. The van der Waals surface area contributed by atoms with Crippen molar-refractivity contribution in [2.75, 3.05) is 5.32 Å². The van der Waals surface area contributed by atoms with Crippen LogP contribution in [-0.4, -0.2) is 32.5 Å². The Labute approximate surface area is 116 Å². The molecule has 8 heteroatoms. The zero-order chi connectivity index (χ0) is 14.7. The molecule has 2 N–H and O–H groups in total. The van der Waals surface area contributed by atoms with E-state index in [0.717, 1.165) is 25.7 Å². The van der Waals surface area contributed by atoms with Crippen LogP contribution < -0.4 is 10.6 Å². The van der Waals surface area contributed by atoms with E-state index in [1.807, 2.05) is 0 Å². The quantitative estimate of drug-likeness (QED) is 0.623. The molecule has 8 nitrogen and oxygen atoms in total. The summed E-state index contributed by atoms with van der Waals surface area (Å²) in [6.07, 6.45) is 5.64. The molecule has 20 heavy (non-hydrogen) atoms. The lowest BCUT2D eigenvalue weighted by atomic mass is 10.2. The standard InChI is InChI=1S/C12H19N5O3/c1-8(12(18)15-9-5-3-4-6-9)14-11-10(17(19)20)13-7-16(11)2/h7-9,14H,3-6H2,1-2H3,(H,15,18)/t8-/m0/s1. The maximum absolute atomic E-state index is 12.0. The number of nitro groups is 1. The van der Waals surface area contributed by atoms with E-state index in [1.54, 1.807) is 14.0 Å². The van der Waals surface area contributed by atoms with Gasteiger partial charge in [0.2, 0.25) is 18.1 Å². The van der Waals surface area contributed by atoms with E-state index in [4.69, 9.17) is 0 Å². The van der Waals surface area contributed by atoms with Crippen LogP contribution in [0.4, 0.5) is 11.6 Å². The molecule has 110 valence electrons. The van der Waals surface area contributed by atoms with Gasteiger partial charge >= 0.3 is 5.82 Å². The average molecular weight is 281 g/mol. The van der Waals surface area contributed by atoms with Crippen molar-refractivity contribution in [2.24, 2.45) is 7.05 Å². The molecule has 0 saturated heterocycles. The minimum Gasteiger partial charge on any atom is -0.358 e. The molecule has 1 aromatic heterocycles. The highest BCUT2D eigenvalue weighted by Crippen LogP contribution is 2.22. The van der Waals surface area contributed by atoms with Crippen LogP contribution in [0, 0.1) is 10.1 Å². The van der Waals surface area contributed by atoms with E-state index < -0.39 is 11.0 Å². The van der Waals surface area contributed by atoms with E-state index in [-0.39, 0.29) is 23.6 Å². The van der Waals surface area contributed by atoms with Gasteiger partial charge in [-0.25, -0.2) is 0 Å². The number of hydrogen-bond donors (Lipinski definition) is 2. The lowest BCUT2D eigenvalue weighted by Crippen LogP contribution is -2.42. The first-order chi connectivity index (χ1) is 9.49. The topological polar surface area (TPSA) is 102 Å². The Morgan fingerprint density at radius 2 is 2.20 bits per heavy atom. The molecule has 1 aliphatic carbocycles. The van der Waals surface area contributed by atoms with Crippen molar-refractivity contribution in [2.45, 2.75) is 44.7 Å². The van der Waals surface area contributed by atoms with Crippen molar-refractivity contribution in [1.82, 2.24) is 14.9 Å². The highest BCUT2D eigenvalue weighted by molar-refractivity contribution is 5.84. The molecule has 1 atom stereocenters. The fourth-order valence-electron chi connectivity index (χ4n) is 2.38. The minimum absolute atomic E-state index is 0.146. The Kier molecular flexibility index (Phi) is 4.21. The number of rotatable bonds is 5. The number of nitrogens with one attached hydrogen (secondary N) is 2. The minimum atomic E-state index is -0.566. The molecule has 0 spiro atoms. The summed E-state index contributed by atoms with van der Waals surface area (Å²) >= 11 is 0. The van der Waals surface area contributed by atoms with Crippen LogP contribution in [0.25, 0.3) is 0 Å². The number of nitrogens with zero attached hydrogens (tertiary/aromatic N) is 3. The lowest BCUT2D eigenvalue weighted by Gasteiger charge is -2.18. The normalized spacial score (nSPS) is 16.9. The predicted octanol–water partition coefficient (Wildman–Crippen LogP) is 1.19. The lowest BCUT2D eigenvalue weighted by molar-refractivity contribution is -0.388. The number of amides is 1. The van der Waals surface area contributed by atoms with Gasteiger partial charge in [-0.1, -0.05) is 12.8 Å². The summed E-state index contributed by atoms with van der Waals surface area (Å²) < 4.78 is 1.50. The van der Waals surface area contributed by atoms with Crippen LogP contribution in [0.15, 0.2) is 6.33 Å². The van der Waals surface area contributed by atoms with Gasteiger partial charge < -0.3 is 20.7 Å². The van der Waals surface area contributed by atoms with Gasteiger partial charge in [-0.2, -0.15) is 0 Å². The molecule has 1 amide bonds. The number of anilines is 1. The fourth-order valence-corrected chi connectivity index (χ4v) is 2.38. The Bertz CT molecular complexity index is 507. The number of carbonyl (C=O) groups excluding carboxylic acids is 1. The maximum atomic E-state index is 12.0. The molecule has 1 aliphatic rings. The monoisotopic (exact) mass is 281 g/mol. The van der Waals surface area contributed by atoms with Crippen molar-refractivity contribution in [3.8, 4) is 0 Å². The molecule has 0 unspecified atom stereocenters. The van der Waals surface area contributed by atoms with Crippen LogP contribution in [0.3, 0.4) is 0 Å². The third-order valence-electron chi connectivity index (χ3n) is 3.54. The van der Waals surface area contributed by atoms with Crippen LogP contribution in [0.1, 0.15) is 32.6 Å². The summed E-state index contributed by atoms with van der Waals surface area (Å²) in [5, 5.41) is 16.7. The Morgan fingerprint density at radius 3 is 2.80 bits per heavy atom. The van der Waals surface area contributed by atoms with E-state index in [1.165, 1.54) is 10.9 Å². The third-order valence-corrected chi connectivity index (χ3v) is 3.54. The third kappa shape index (κ3) is 3.06. The average Bonchev–Trinajstić information content (AvgIpc) is 3.00. The van der Waals surface area contributed by atoms with Crippen molar-refractivity contribution < 1.29 is 9.72 Å². The zero-order valence-corrected chi connectivity index (χ0v) is 11.6. The molecule has 1 fully saturated rings. The van der Waals surface area contributed by atoms with Crippen molar-refractivity contribution in [1.29, 1.82) is 0 Å². The highest BCUT2D eigenvalue weighted by Gasteiger charge is 2.25. The van der Waals surface area contributed by atoms with Crippen LogP contribution in [0.5, 0.6) is 0 Å². The number of hydrogen-bond acceptors (Lipinski definition) is 5. The molecule has 0 aliphatic heterocycles. The summed E-state index contributed by atoms with van der Waals surface area (Å²) in [7, 11) is 1.64. The van der Waals surface area contributed by atoms with Crippen LogP contribution in [0.2, 0.25) is 0 Å². The molecule has 1 aromatic rings. The molecule has 1 heterocycles. The first-order valence-corrected chi connectivity index (χ1v) is 6.71. The molecule has 0 aromatic carbocycles. The van der Waals surface area contributed by atoms with Gasteiger partial charge in [0, 0.05) is 13.1 Å². The molecule has 1 saturated carbocycles. The fraction of sp³-hybridized carbons (Fsp3) is 0.667. The molecule has 0 radical (unpaired) electrons. The summed E-state index contributed by atoms with van der Waals surface area (Å²) in [5.41, 5.74) is 0. The van der Waals surface area contributed by atoms with E-state index in [2.05, 4.69) is 15.6 Å². The number of aryl methyl sites for hydroxylation is 1. The van der Waals surface area contributed by atoms with Crippen molar-refractivity contribution in [3.05, 3.63) is 16.4 Å². The van der Waals surface area contributed by atoms with Gasteiger partial charge in [-0.05, 0) is 29.7 Å². The molecule has 2 rings (SSSR count). The highest BCUT2D eigenvalue weighted by atomic mass is 16.6. The molecular weight excluding hydrogens is 262 g/mol. The van der Waals surface area contributed by atoms with E-state index >= 15 is 0 Å². The van der Waals surface area contributed by atoms with E-state index in [0.29, 0.717) is 0 Å². The van der Waals surface area contributed by atoms with Gasteiger partial charge in [0.25, 0.3) is 0 Å². The summed E-state index contributed by atoms with van der Waals surface area (Å²) in [4.78, 5) is 26.0. The van der Waals surface area contributed by atoms with Gasteiger partial charge in [0.15, 0.2) is 0 Å². The Balaban J connectivity index is 1.99. The Hall–Kier alpha value is -2.12. The summed E-state index contributed by atoms with van der Waals surface area (Å²) in [5.74, 6) is -0.176. The first-order valence-electron chi connectivity index (χ1n) is 6.71. The van der Waals surface area contributed by atoms with Gasteiger partial charge in [0.1, 0.15) is 6.04 Å². The first kappa shape index (κ1) is 14.3. The zero-order valence-electron chi connectivity index (χ0n) is 11.6. The smallest absolute Gasteiger partial charge is 0.358 e. The van der Waals surface area contributed by atoms with Crippen molar-refractivity contribution >= 4 is 17.5 Å². The maximum Gasteiger partial charge on any atom is 0.406 e. The second-order valence-corrected chi connectivity index (χ2v) is 5.14. The van der Waals surface area contributed by atoms with E-state index in [9.17, 15) is 14.9 Å². The Morgan fingerprint density at radius 1 is 1.55 bits per heavy atom. The van der Waals surface area contributed by atoms with Gasteiger partial charge in [-0.15, -0.1) is 0 Å². The van der Waals surface area contributed by atoms with Crippen molar-refractivity contribution in [3.63, 3.8) is 0 Å². The largest absolute Gasteiger partial charge is 0.406 e. The number of imidazole rings is 1. The second kappa shape index (κ2) is 5.89. The molecular formula is C12H19N5O3. The summed E-state index contributed by atoms with van der Waals surface area (Å²) in [6, 6.07) is -0.321. The van der Waals surface area contributed by atoms with Gasteiger partial charge in [0.05, 0.1) is 0 Å². The van der Waals surface area contributed by atoms with Gasteiger partial charge in [-0.3, -0.25) is 9.36 Å². The second-order valence-electron chi connectivity index (χ2n) is 5.14.